The van der Waals surface area contributed by atoms with Gasteiger partial charge in [-0.1, -0.05) is 54.6 Å². The minimum Gasteiger partial charge on any atom is -0.504 e. The number of ether oxygens (including phenoxy) is 1. The molecule has 0 radical (unpaired) electrons. The highest BCUT2D eigenvalue weighted by molar-refractivity contribution is 5.66. The number of aromatic hydroxyl groups is 1. The highest BCUT2D eigenvalue weighted by Crippen LogP contribution is 2.46. The molecule has 1 aliphatic rings. The van der Waals surface area contributed by atoms with Crippen LogP contribution >= 0.6 is 0 Å². The van der Waals surface area contributed by atoms with E-state index in [1.807, 2.05) is 30.3 Å². The largest absolute Gasteiger partial charge is 0.504 e. The van der Waals surface area contributed by atoms with Gasteiger partial charge in [-0.15, -0.1) is 0 Å². The van der Waals surface area contributed by atoms with Crippen molar-refractivity contribution in [3.05, 3.63) is 83.4 Å². The number of hydrogen-bond donors (Lipinski definition) is 3. The number of fused-ring (bicyclic) bond motifs is 1. The lowest BCUT2D eigenvalue weighted by Gasteiger charge is -2.39. The number of phenolic OH excluding ortho intramolecular Hbond substituents is 1. The third-order valence-electron chi connectivity index (χ3n) is 6.11. The summed E-state index contributed by atoms with van der Waals surface area (Å²) in [5.74, 6) is 0.252. The Kier molecular flexibility index (Phi) is 5.56. The quantitative estimate of drug-likeness (QED) is 0.616. The van der Waals surface area contributed by atoms with E-state index in [1.54, 1.807) is 6.07 Å². The van der Waals surface area contributed by atoms with Gasteiger partial charge in [0.15, 0.2) is 11.5 Å². The number of rotatable bonds is 5. The molecule has 0 heterocycles. The summed E-state index contributed by atoms with van der Waals surface area (Å²) >= 11 is 0. The molecule has 3 N–H and O–H groups in total. The highest BCUT2D eigenvalue weighted by atomic mass is 16.5. The van der Waals surface area contributed by atoms with Crippen molar-refractivity contribution in [3.63, 3.8) is 0 Å². The number of benzene rings is 3. The molecule has 1 aliphatic carbocycles. The Morgan fingerprint density at radius 1 is 0.897 bits per heavy atom. The Balaban J connectivity index is 1.88. The van der Waals surface area contributed by atoms with E-state index in [4.69, 9.17) is 4.74 Å². The van der Waals surface area contributed by atoms with Crippen LogP contribution in [0.2, 0.25) is 0 Å². The lowest BCUT2D eigenvalue weighted by molar-refractivity contribution is 0.101. The number of methoxy groups -OCH3 is 1. The second-order valence-electron chi connectivity index (χ2n) is 7.68. The molecular weight excluding hydrogens is 364 g/mol. The zero-order valence-corrected chi connectivity index (χ0v) is 16.5. The first-order valence-electron chi connectivity index (χ1n) is 9.93. The predicted octanol–water partition coefficient (Wildman–Crippen LogP) is 3.97. The third kappa shape index (κ3) is 3.61. The fourth-order valence-electron chi connectivity index (χ4n) is 4.59. The van der Waals surface area contributed by atoms with Gasteiger partial charge in [0.1, 0.15) is 0 Å². The molecule has 3 aromatic carbocycles. The molecule has 3 atom stereocenters. The van der Waals surface area contributed by atoms with Crippen molar-refractivity contribution in [1.82, 2.24) is 0 Å². The van der Waals surface area contributed by atoms with Crippen LogP contribution in [-0.4, -0.2) is 35.6 Å². The van der Waals surface area contributed by atoms with Gasteiger partial charge in [-0.05, 0) is 58.2 Å². The average Bonchev–Trinajstić information content (AvgIpc) is 2.78. The van der Waals surface area contributed by atoms with Crippen LogP contribution in [0.5, 0.6) is 11.5 Å². The van der Waals surface area contributed by atoms with E-state index in [0.717, 1.165) is 28.7 Å². The molecule has 0 aromatic heterocycles. The molecule has 0 fully saturated rings. The van der Waals surface area contributed by atoms with Crippen molar-refractivity contribution < 1.29 is 20.1 Å². The smallest absolute Gasteiger partial charge is 0.160 e. The monoisotopic (exact) mass is 390 g/mol. The summed E-state index contributed by atoms with van der Waals surface area (Å²) in [7, 11) is 1.53. The molecule has 2 unspecified atom stereocenters. The van der Waals surface area contributed by atoms with Crippen LogP contribution in [0, 0.1) is 11.8 Å². The normalized spacial score (nSPS) is 20.9. The summed E-state index contributed by atoms with van der Waals surface area (Å²) in [5, 5.41) is 30.2. The lowest BCUT2D eigenvalue weighted by Crippen LogP contribution is -2.35. The van der Waals surface area contributed by atoms with Gasteiger partial charge >= 0.3 is 0 Å². The molecule has 4 rings (SSSR count). The molecular formula is C25H26O4. The third-order valence-corrected chi connectivity index (χ3v) is 6.11. The van der Waals surface area contributed by atoms with Gasteiger partial charge in [0.05, 0.1) is 7.11 Å². The maximum absolute atomic E-state index is 10.2. The van der Waals surface area contributed by atoms with Gasteiger partial charge in [-0.2, -0.15) is 0 Å². The molecule has 0 bridgehead atoms. The summed E-state index contributed by atoms with van der Waals surface area (Å²) < 4.78 is 5.32. The van der Waals surface area contributed by atoms with Crippen LogP contribution in [0.15, 0.2) is 66.7 Å². The summed E-state index contributed by atoms with van der Waals surface area (Å²) in [6.45, 7) is 0.00487. The van der Waals surface area contributed by atoms with E-state index in [0.29, 0.717) is 5.75 Å². The van der Waals surface area contributed by atoms with Crippen molar-refractivity contribution >= 4 is 0 Å². The Bertz CT molecular complexity index is 983. The number of aliphatic hydroxyl groups is 2. The predicted molar refractivity (Wildman–Crippen MR) is 113 cm³/mol. The Morgan fingerprint density at radius 2 is 1.69 bits per heavy atom. The van der Waals surface area contributed by atoms with Gasteiger partial charge in [0, 0.05) is 19.1 Å². The van der Waals surface area contributed by atoms with Crippen LogP contribution in [0.25, 0.3) is 11.1 Å². The van der Waals surface area contributed by atoms with Crippen molar-refractivity contribution in [1.29, 1.82) is 0 Å². The summed E-state index contributed by atoms with van der Waals surface area (Å²) in [6, 6.07) is 22.0. The van der Waals surface area contributed by atoms with Gasteiger partial charge in [0.2, 0.25) is 0 Å². The lowest BCUT2D eigenvalue weighted by atomic mass is 9.66. The van der Waals surface area contributed by atoms with Crippen molar-refractivity contribution in [2.75, 3.05) is 20.3 Å². The van der Waals surface area contributed by atoms with Gasteiger partial charge in [-0.25, -0.2) is 0 Å². The molecule has 0 saturated carbocycles. The van der Waals surface area contributed by atoms with E-state index in [1.165, 1.54) is 12.7 Å². The molecule has 29 heavy (non-hydrogen) atoms. The van der Waals surface area contributed by atoms with Crippen LogP contribution in [0.1, 0.15) is 22.6 Å². The maximum atomic E-state index is 10.2. The summed E-state index contributed by atoms with van der Waals surface area (Å²) in [6.07, 6.45) is 0.734. The van der Waals surface area contributed by atoms with E-state index in [9.17, 15) is 15.3 Å². The second kappa shape index (κ2) is 8.27. The molecule has 0 saturated heterocycles. The summed E-state index contributed by atoms with van der Waals surface area (Å²) in [4.78, 5) is 0. The van der Waals surface area contributed by atoms with E-state index >= 15 is 0 Å². The molecule has 3 aromatic rings. The van der Waals surface area contributed by atoms with Crippen molar-refractivity contribution in [2.45, 2.75) is 12.3 Å². The van der Waals surface area contributed by atoms with Crippen molar-refractivity contribution in [2.24, 2.45) is 11.8 Å². The van der Waals surface area contributed by atoms with Gasteiger partial charge in [-0.3, -0.25) is 0 Å². The average molecular weight is 390 g/mol. The molecule has 0 aliphatic heterocycles. The molecule has 4 heteroatoms. The van der Waals surface area contributed by atoms with Crippen LogP contribution in [0.3, 0.4) is 0 Å². The topological polar surface area (TPSA) is 69.9 Å². The fraction of sp³-hybridized carbons (Fsp3) is 0.280. The number of aliphatic hydroxyl groups excluding tert-OH is 2. The Hall–Kier alpha value is -2.82. The minimum atomic E-state index is -0.118. The van der Waals surface area contributed by atoms with Crippen LogP contribution in [-0.2, 0) is 6.42 Å². The molecule has 0 amide bonds. The molecule has 0 spiro atoms. The number of phenols is 1. The SMILES string of the molecule is COc1cc(C2c3cc(-c4ccccc4)ccc3CC(CO)[C@H]2CO)ccc1O. The zero-order chi connectivity index (χ0) is 20.4. The van der Waals surface area contributed by atoms with Crippen LogP contribution in [0.4, 0.5) is 0 Å². The zero-order valence-electron chi connectivity index (χ0n) is 16.5. The second-order valence-corrected chi connectivity index (χ2v) is 7.68. The van der Waals surface area contributed by atoms with Crippen molar-refractivity contribution in [3.8, 4) is 22.6 Å². The minimum absolute atomic E-state index is 0.0198. The first-order chi connectivity index (χ1) is 14.2. The van der Waals surface area contributed by atoms with E-state index < -0.39 is 0 Å². The van der Waals surface area contributed by atoms with Gasteiger partial charge < -0.3 is 20.1 Å². The maximum Gasteiger partial charge on any atom is 0.160 e. The first kappa shape index (κ1) is 19.5. The molecule has 4 nitrogen and oxygen atoms in total. The fourth-order valence-corrected chi connectivity index (χ4v) is 4.59. The standard InChI is InChI=1S/C25H26O4/c1-29-24-13-19(9-10-23(24)28)25-21-12-17(16-5-3-2-4-6-16)7-8-18(21)11-20(14-26)22(25)15-27/h2-10,12-13,20,22,25-28H,11,14-15H2,1H3/t20?,22-,25?/m1/s1. The number of hydrogen-bond acceptors (Lipinski definition) is 4. The Morgan fingerprint density at radius 3 is 2.38 bits per heavy atom. The van der Waals surface area contributed by atoms with E-state index in [-0.39, 0.29) is 36.7 Å². The van der Waals surface area contributed by atoms with Crippen LogP contribution < -0.4 is 4.74 Å². The van der Waals surface area contributed by atoms with E-state index in [2.05, 4.69) is 30.3 Å². The summed E-state index contributed by atoms with van der Waals surface area (Å²) in [5.41, 5.74) is 5.57. The highest BCUT2D eigenvalue weighted by Gasteiger charge is 2.37. The first-order valence-corrected chi connectivity index (χ1v) is 9.93. The molecule has 150 valence electrons. The van der Waals surface area contributed by atoms with Gasteiger partial charge in [0.25, 0.3) is 0 Å². The Labute approximate surface area is 171 Å².